The van der Waals surface area contributed by atoms with Gasteiger partial charge in [0.15, 0.2) is 5.82 Å². The summed E-state index contributed by atoms with van der Waals surface area (Å²) in [5, 5.41) is 0. The quantitative estimate of drug-likeness (QED) is 0.631. The van der Waals surface area contributed by atoms with Crippen molar-refractivity contribution in [3.63, 3.8) is 0 Å². The summed E-state index contributed by atoms with van der Waals surface area (Å²) in [4.78, 5) is 13.8. The van der Waals surface area contributed by atoms with Crippen LogP contribution in [-0.4, -0.2) is 22.2 Å². The van der Waals surface area contributed by atoms with Gasteiger partial charge in [0.2, 0.25) is 0 Å². The SMILES string of the molecule is CC.CC.CC1C2N(c3ccccc3[C@H]1C)c1cncnc1N2C(C)C. The molecule has 4 rings (SSSR count). The molecule has 1 aromatic heterocycles. The molecule has 2 aliphatic heterocycles. The molecule has 0 bridgehead atoms. The predicted molar refractivity (Wildman–Crippen MR) is 112 cm³/mol. The maximum Gasteiger partial charge on any atom is 0.157 e. The van der Waals surface area contributed by atoms with Crippen molar-refractivity contribution < 1.29 is 0 Å². The lowest BCUT2D eigenvalue weighted by molar-refractivity contribution is 0.357. The van der Waals surface area contributed by atoms with Crippen LogP contribution in [0.5, 0.6) is 0 Å². The third-order valence-corrected chi connectivity index (χ3v) is 5.23. The van der Waals surface area contributed by atoms with Crippen LogP contribution in [0.15, 0.2) is 36.8 Å². The van der Waals surface area contributed by atoms with Crippen LogP contribution < -0.4 is 9.80 Å². The molecule has 0 saturated carbocycles. The molecule has 0 fully saturated rings. The standard InChI is InChI=1S/C18H22N4.2C2H6/c1-11(2)21-17-16(9-19-10-20-17)22-15-8-6-5-7-14(15)12(3)13(4)18(21)22;2*1-2/h5-13,18H,1-4H3;2*1-2H3/t12-,13?,18?;;/m0../s1. The number of nitrogens with zero attached hydrogens (tertiary/aromatic N) is 4. The van der Waals surface area contributed by atoms with Gasteiger partial charge in [0.1, 0.15) is 18.2 Å². The van der Waals surface area contributed by atoms with E-state index in [1.54, 1.807) is 6.33 Å². The van der Waals surface area contributed by atoms with Crippen LogP contribution in [-0.2, 0) is 0 Å². The van der Waals surface area contributed by atoms with E-state index in [1.165, 1.54) is 11.3 Å². The molecule has 0 N–H and O–H groups in total. The Morgan fingerprint density at radius 2 is 1.62 bits per heavy atom. The second-order valence-electron chi connectivity index (χ2n) is 6.72. The van der Waals surface area contributed by atoms with Crippen LogP contribution in [0.4, 0.5) is 17.2 Å². The van der Waals surface area contributed by atoms with Crippen LogP contribution in [0.3, 0.4) is 0 Å². The Kier molecular flexibility index (Phi) is 6.63. The summed E-state index contributed by atoms with van der Waals surface area (Å²) in [5.74, 6) is 2.11. The molecule has 2 aliphatic rings. The van der Waals surface area contributed by atoms with Crippen molar-refractivity contribution in [3.8, 4) is 0 Å². The molecule has 26 heavy (non-hydrogen) atoms. The largest absolute Gasteiger partial charge is 0.331 e. The highest BCUT2D eigenvalue weighted by Gasteiger charge is 2.47. The Morgan fingerprint density at radius 1 is 0.962 bits per heavy atom. The van der Waals surface area contributed by atoms with Crippen LogP contribution in [0.25, 0.3) is 0 Å². The molecule has 1 aromatic carbocycles. The summed E-state index contributed by atoms with van der Waals surface area (Å²) < 4.78 is 0. The van der Waals surface area contributed by atoms with Crippen molar-refractivity contribution in [2.24, 2.45) is 5.92 Å². The number of hydrogen-bond acceptors (Lipinski definition) is 4. The van der Waals surface area contributed by atoms with Crippen molar-refractivity contribution in [1.29, 1.82) is 0 Å². The summed E-state index contributed by atoms with van der Waals surface area (Å²) >= 11 is 0. The zero-order valence-electron chi connectivity index (χ0n) is 17.6. The summed E-state index contributed by atoms with van der Waals surface area (Å²) in [6.45, 7) is 17.2. The molecule has 0 spiro atoms. The van der Waals surface area contributed by atoms with Crippen molar-refractivity contribution in [3.05, 3.63) is 42.4 Å². The number of para-hydroxylation sites is 1. The van der Waals surface area contributed by atoms with Gasteiger partial charge in [-0.1, -0.05) is 59.7 Å². The van der Waals surface area contributed by atoms with E-state index in [4.69, 9.17) is 0 Å². The molecule has 3 atom stereocenters. The Balaban J connectivity index is 0.000000570. The Bertz CT molecular complexity index is 713. The van der Waals surface area contributed by atoms with Crippen LogP contribution in [0.1, 0.15) is 66.9 Å². The minimum absolute atomic E-state index is 0.316. The van der Waals surface area contributed by atoms with Gasteiger partial charge >= 0.3 is 0 Å². The van der Waals surface area contributed by atoms with E-state index < -0.39 is 0 Å². The van der Waals surface area contributed by atoms with Crippen LogP contribution >= 0.6 is 0 Å². The van der Waals surface area contributed by atoms with Gasteiger partial charge < -0.3 is 9.80 Å². The molecule has 0 amide bonds. The van der Waals surface area contributed by atoms with E-state index in [1.807, 2.05) is 33.9 Å². The van der Waals surface area contributed by atoms with Gasteiger partial charge in [-0.3, -0.25) is 0 Å². The Hall–Kier alpha value is -2.10. The van der Waals surface area contributed by atoms with Gasteiger partial charge in [-0.15, -0.1) is 0 Å². The number of hydrogen-bond donors (Lipinski definition) is 0. The molecule has 4 heteroatoms. The highest BCUT2D eigenvalue weighted by atomic mass is 15.5. The summed E-state index contributed by atoms with van der Waals surface area (Å²) in [5.41, 5.74) is 3.86. The third kappa shape index (κ3) is 3.06. The van der Waals surface area contributed by atoms with Crippen molar-refractivity contribution in [2.45, 2.75) is 73.5 Å². The highest BCUT2D eigenvalue weighted by Crippen LogP contribution is 2.53. The molecule has 2 unspecified atom stereocenters. The third-order valence-electron chi connectivity index (χ3n) is 5.23. The van der Waals surface area contributed by atoms with Gasteiger partial charge in [-0.25, -0.2) is 9.97 Å². The normalized spacial score (nSPS) is 22.4. The lowest BCUT2D eigenvalue weighted by atomic mass is 9.81. The fourth-order valence-electron chi connectivity index (χ4n) is 4.02. The van der Waals surface area contributed by atoms with Gasteiger partial charge in [-0.05, 0) is 31.4 Å². The fraction of sp³-hybridized carbons (Fsp3) is 0.545. The molecule has 0 aliphatic carbocycles. The number of fused-ring (bicyclic) bond motifs is 5. The zero-order valence-corrected chi connectivity index (χ0v) is 17.6. The maximum absolute atomic E-state index is 4.59. The van der Waals surface area contributed by atoms with E-state index in [9.17, 15) is 0 Å². The number of benzene rings is 1. The highest BCUT2D eigenvalue weighted by molar-refractivity contribution is 5.83. The molecule has 0 saturated heterocycles. The first kappa shape index (κ1) is 20.2. The number of aromatic nitrogens is 2. The Morgan fingerprint density at radius 3 is 2.27 bits per heavy atom. The second kappa shape index (κ2) is 8.52. The van der Waals surface area contributed by atoms with Crippen molar-refractivity contribution in [2.75, 3.05) is 9.80 Å². The Labute approximate surface area is 159 Å². The van der Waals surface area contributed by atoms with Gasteiger partial charge in [0.05, 0.1) is 6.20 Å². The monoisotopic (exact) mass is 354 g/mol. The average Bonchev–Trinajstić information content (AvgIpc) is 3.05. The first-order valence-corrected chi connectivity index (χ1v) is 10.1. The molecule has 4 nitrogen and oxygen atoms in total. The van der Waals surface area contributed by atoms with Gasteiger partial charge in [0.25, 0.3) is 0 Å². The van der Waals surface area contributed by atoms with Crippen LogP contribution in [0, 0.1) is 5.92 Å². The van der Waals surface area contributed by atoms with Gasteiger partial charge in [-0.2, -0.15) is 0 Å². The maximum atomic E-state index is 4.59. The minimum Gasteiger partial charge on any atom is -0.331 e. The lowest BCUT2D eigenvalue weighted by Crippen LogP contribution is -2.52. The van der Waals surface area contributed by atoms with Crippen molar-refractivity contribution in [1.82, 2.24) is 9.97 Å². The number of rotatable bonds is 1. The molecular formula is C22H34N4. The smallest absolute Gasteiger partial charge is 0.157 e. The zero-order chi connectivity index (χ0) is 19.4. The minimum atomic E-state index is 0.316. The summed E-state index contributed by atoms with van der Waals surface area (Å²) in [7, 11) is 0. The predicted octanol–water partition coefficient (Wildman–Crippen LogP) is 5.97. The van der Waals surface area contributed by atoms with E-state index in [0.29, 0.717) is 24.0 Å². The fourth-order valence-corrected chi connectivity index (χ4v) is 4.02. The molecule has 142 valence electrons. The van der Waals surface area contributed by atoms with Crippen LogP contribution in [0.2, 0.25) is 0 Å². The first-order chi connectivity index (χ1) is 12.6. The topological polar surface area (TPSA) is 32.3 Å². The van der Waals surface area contributed by atoms with E-state index in [2.05, 4.69) is 71.7 Å². The molecule has 3 heterocycles. The van der Waals surface area contributed by atoms with Gasteiger partial charge in [0, 0.05) is 17.6 Å². The number of anilines is 3. The van der Waals surface area contributed by atoms with E-state index >= 15 is 0 Å². The van der Waals surface area contributed by atoms with E-state index in [0.717, 1.165) is 11.5 Å². The van der Waals surface area contributed by atoms with E-state index in [-0.39, 0.29) is 0 Å². The average molecular weight is 355 g/mol. The molecule has 0 radical (unpaired) electrons. The molecular weight excluding hydrogens is 320 g/mol. The van der Waals surface area contributed by atoms with Crippen molar-refractivity contribution >= 4 is 17.2 Å². The second-order valence-corrected chi connectivity index (χ2v) is 6.72. The summed E-state index contributed by atoms with van der Waals surface area (Å²) in [6, 6.07) is 9.16. The first-order valence-electron chi connectivity index (χ1n) is 10.1. The summed E-state index contributed by atoms with van der Waals surface area (Å²) in [6.07, 6.45) is 3.93. The lowest BCUT2D eigenvalue weighted by Gasteiger charge is -2.45. The molecule has 2 aromatic rings.